The maximum absolute atomic E-state index is 12.2. The van der Waals surface area contributed by atoms with Crippen LogP contribution >= 0.6 is 0 Å². The highest BCUT2D eigenvalue weighted by molar-refractivity contribution is 6.06. The van der Waals surface area contributed by atoms with E-state index < -0.39 is 5.91 Å². The predicted octanol–water partition coefficient (Wildman–Crippen LogP) is 4.16. The lowest BCUT2D eigenvalue weighted by Gasteiger charge is -2.08. The Morgan fingerprint density at radius 3 is 2.40 bits per heavy atom. The van der Waals surface area contributed by atoms with Crippen LogP contribution in [0.25, 0.3) is 0 Å². The van der Waals surface area contributed by atoms with Gasteiger partial charge in [0.1, 0.15) is 17.4 Å². The first-order valence-electron chi connectivity index (χ1n) is 8.01. The van der Waals surface area contributed by atoms with Crippen LogP contribution in [0.1, 0.15) is 18.1 Å². The van der Waals surface area contributed by atoms with E-state index in [1.165, 1.54) is 11.8 Å². The number of nitrogens with one attached hydrogen (secondary N) is 2. The third kappa shape index (κ3) is 5.11. The Bertz CT molecular complexity index is 818. The molecule has 0 atom stereocenters. The molecule has 0 radical (unpaired) electrons. The fourth-order valence-corrected chi connectivity index (χ4v) is 2.13. The fraction of sp³-hybridized carbons (Fsp3) is 0.200. The maximum atomic E-state index is 12.2. The average molecular weight is 335 g/mol. The Balaban J connectivity index is 2.04. The molecule has 2 rings (SSSR count). The van der Waals surface area contributed by atoms with Crippen LogP contribution in [0.3, 0.4) is 0 Å². The van der Waals surface area contributed by atoms with E-state index >= 15 is 0 Å². The SMILES string of the molecule is CCOc1ccc(NC(=O)/C(C#N)=C\Nc2ccc(C)c(C)c2)cc1. The molecule has 1 amide bonds. The van der Waals surface area contributed by atoms with Crippen molar-refractivity contribution in [3.8, 4) is 11.8 Å². The quantitative estimate of drug-likeness (QED) is 0.614. The molecule has 0 aliphatic rings. The van der Waals surface area contributed by atoms with Crippen molar-refractivity contribution in [1.29, 1.82) is 5.26 Å². The van der Waals surface area contributed by atoms with Crippen LogP contribution in [-0.4, -0.2) is 12.5 Å². The predicted molar refractivity (Wildman–Crippen MR) is 99.5 cm³/mol. The number of ether oxygens (including phenoxy) is 1. The molecule has 0 bridgehead atoms. The zero-order chi connectivity index (χ0) is 18.2. The first kappa shape index (κ1) is 18.1. The number of hydrogen-bond acceptors (Lipinski definition) is 4. The smallest absolute Gasteiger partial charge is 0.267 e. The second-order valence-electron chi connectivity index (χ2n) is 5.52. The van der Waals surface area contributed by atoms with Gasteiger partial charge in [0.15, 0.2) is 0 Å². The monoisotopic (exact) mass is 335 g/mol. The molecule has 0 saturated carbocycles. The molecule has 2 N–H and O–H groups in total. The Morgan fingerprint density at radius 2 is 1.80 bits per heavy atom. The number of carbonyl (C=O) groups is 1. The lowest BCUT2D eigenvalue weighted by Crippen LogP contribution is -2.14. The molecule has 0 aliphatic heterocycles. The van der Waals surface area contributed by atoms with E-state index in [2.05, 4.69) is 10.6 Å². The Hall–Kier alpha value is -3.26. The van der Waals surface area contributed by atoms with Crippen molar-refractivity contribution < 1.29 is 9.53 Å². The molecule has 2 aromatic rings. The number of aryl methyl sites for hydroxylation is 2. The van der Waals surface area contributed by atoms with Gasteiger partial charge in [-0.2, -0.15) is 5.26 Å². The standard InChI is InChI=1S/C20H21N3O2/c1-4-25-19-9-7-17(8-10-19)23-20(24)16(12-21)13-22-18-6-5-14(2)15(3)11-18/h5-11,13,22H,4H2,1-3H3,(H,23,24)/b16-13-. The molecule has 0 aliphatic carbocycles. The van der Waals surface area contributed by atoms with E-state index in [-0.39, 0.29) is 5.57 Å². The normalized spacial score (nSPS) is 10.7. The largest absolute Gasteiger partial charge is 0.494 e. The summed E-state index contributed by atoms with van der Waals surface area (Å²) in [5.41, 5.74) is 3.73. The van der Waals surface area contributed by atoms with Crippen LogP contribution in [0, 0.1) is 25.2 Å². The van der Waals surface area contributed by atoms with Crippen molar-refractivity contribution in [3.05, 3.63) is 65.4 Å². The second-order valence-corrected chi connectivity index (χ2v) is 5.52. The van der Waals surface area contributed by atoms with E-state index in [4.69, 9.17) is 4.74 Å². The number of rotatable bonds is 6. The molecule has 25 heavy (non-hydrogen) atoms. The molecule has 2 aromatic carbocycles. The van der Waals surface area contributed by atoms with Crippen molar-refractivity contribution in [3.63, 3.8) is 0 Å². The summed E-state index contributed by atoms with van der Waals surface area (Å²) < 4.78 is 5.35. The summed E-state index contributed by atoms with van der Waals surface area (Å²) in [5.74, 6) is 0.260. The van der Waals surface area contributed by atoms with Gasteiger partial charge >= 0.3 is 0 Å². The fourth-order valence-electron chi connectivity index (χ4n) is 2.13. The molecule has 0 saturated heterocycles. The highest BCUT2D eigenvalue weighted by atomic mass is 16.5. The van der Waals surface area contributed by atoms with E-state index in [1.54, 1.807) is 24.3 Å². The highest BCUT2D eigenvalue weighted by Crippen LogP contribution is 2.17. The third-order valence-electron chi connectivity index (χ3n) is 3.68. The minimum absolute atomic E-state index is 0.00730. The van der Waals surface area contributed by atoms with Crippen LogP contribution < -0.4 is 15.4 Å². The van der Waals surface area contributed by atoms with E-state index in [0.717, 1.165) is 17.0 Å². The summed E-state index contributed by atoms with van der Waals surface area (Å²) >= 11 is 0. The van der Waals surface area contributed by atoms with Gasteiger partial charge in [0.05, 0.1) is 6.61 Å². The van der Waals surface area contributed by atoms with E-state index in [9.17, 15) is 10.1 Å². The molecule has 128 valence electrons. The van der Waals surface area contributed by atoms with Gasteiger partial charge in [-0.3, -0.25) is 4.79 Å². The van der Waals surface area contributed by atoms with Crippen molar-refractivity contribution in [2.24, 2.45) is 0 Å². The lowest BCUT2D eigenvalue weighted by molar-refractivity contribution is -0.112. The Kier molecular flexibility index (Phi) is 6.19. The number of nitriles is 1. The molecule has 0 aromatic heterocycles. The van der Waals surface area contributed by atoms with Gasteiger partial charge < -0.3 is 15.4 Å². The van der Waals surface area contributed by atoms with Gasteiger partial charge in [-0.15, -0.1) is 0 Å². The van der Waals surface area contributed by atoms with Crippen molar-refractivity contribution in [1.82, 2.24) is 0 Å². The number of amides is 1. The van der Waals surface area contributed by atoms with Gasteiger partial charge in [-0.1, -0.05) is 6.07 Å². The zero-order valence-electron chi connectivity index (χ0n) is 14.6. The average Bonchev–Trinajstić information content (AvgIpc) is 2.60. The number of nitrogens with zero attached hydrogens (tertiary/aromatic N) is 1. The minimum atomic E-state index is -0.469. The highest BCUT2D eigenvalue weighted by Gasteiger charge is 2.09. The summed E-state index contributed by atoms with van der Waals surface area (Å²) in [6.07, 6.45) is 1.41. The lowest BCUT2D eigenvalue weighted by atomic mass is 10.1. The van der Waals surface area contributed by atoms with Gasteiger partial charge in [-0.25, -0.2) is 0 Å². The topological polar surface area (TPSA) is 74.1 Å². The third-order valence-corrected chi connectivity index (χ3v) is 3.68. The van der Waals surface area contributed by atoms with E-state index in [1.807, 2.05) is 45.0 Å². The summed E-state index contributed by atoms with van der Waals surface area (Å²) in [4.78, 5) is 12.2. The van der Waals surface area contributed by atoms with Crippen LogP contribution in [0.15, 0.2) is 54.2 Å². The van der Waals surface area contributed by atoms with Gasteiger partial charge in [0, 0.05) is 17.6 Å². The first-order valence-corrected chi connectivity index (χ1v) is 8.01. The van der Waals surface area contributed by atoms with Crippen LogP contribution in [0.4, 0.5) is 11.4 Å². The van der Waals surface area contributed by atoms with Gasteiger partial charge in [0.25, 0.3) is 5.91 Å². The van der Waals surface area contributed by atoms with Crippen LogP contribution in [0.5, 0.6) is 5.75 Å². The summed E-state index contributed by atoms with van der Waals surface area (Å²) in [6.45, 7) is 6.52. The van der Waals surface area contributed by atoms with Gasteiger partial charge in [0.2, 0.25) is 0 Å². The number of carbonyl (C=O) groups excluding carboxylic acids is 1. The van der Waals surface area contributed by atoms with Crippen molar-refractivity contribution in [2.45, 2.75) is 20.8 Å². The maximum Gasteiger partial charge on any atom is 0.267 e. The number of anilines is 2. The molecule has 5 nitrogen and oxygen atoms in total. The zero-order valence-corrected chi connectivity index (χ0v) is 14.6. The molecule has 0 heterocycles. The van der Waals surface area contributed by atoms with E-state index in [0.29, 0.717) is 12.3 Å². The Labute approximate surface area is 147 Å². The number of benzene rings is 2. The Morgan fingerprint density at radius 1 is 1.12 bits per heavy atom. The summed E-state index contributed by atoms with van der Waals surface area (Å²) in [6, 6.07) is 14.8. The molecule has 0 fully saturated rings. The van der Waals surface area contributed by atoms with Gasteiger partial charge in [-0.05, 0) is 68.3 Å². The van der Waals surface area contributed by atoms with Crippen LogP contribution in [0.2, 0.25) is 0 Å². The van der Waals surface area contributed by atoms with Crippen molar-refractivity contribution in [2.75, 3.05) is 17.2 Å². The summed E-state index contributed by atoms with van der Waals surface area (Å²) in [5, 5.41) is 14.9. The molecule has 0 spiro atoms. The minimum Gasteiger partial charge on any atom is -0.494 e. The first-order chi connectivity index (χ1) is 12.0. The van der Waals surface area contributed by atoms with Crippen molar-refractivity contribution >= 4 is 17.3 Å². The molecular weight excluding hydrogens is 314 g/mol. The van der Waals surface area contributed by atoms with Crippen LogP contribution in [-0.2, 0) is 4.79 Å². The molecule has 0 unspecified atom stereocenters. The molecule has 5 heteroatoms. The number of hydrogen-bond donors (Lipinski definition) is 2. The second kappa shape index (κ2) is 8.55. The molecular formula is C20H21N3O2. The summed E-state index contributed by atoms with van der Waals surface area (Å²) in [7, 11) is 0.